The Labute approximate surface area is 98.3 Å². The van der Waals surface area contributed by atoms with Crippen LogP contribution in [0.2, 0.25) is 0 Å². The van der Waals surface area contributed by atoms with Crippen LogP contribution < -0.4 is 4.74 Å². The van der Waals surface area contributed by atoms with Crippen LogP contribution in [0.1, 0.15) is 38.2 Å². The van der Waals surface area contributed by atoms with Gasteiger partial charge in [-0.15, -0.1) is 0 Å². The second-order valence-corrected chi connectivity index (χ2v) is 4.25. The molecule has 16 heavy (non-hydrogen) atoms. The Morgan fingerprint density at radius 1 is 1.31 bits per heavy atom. The Morgan fingerprint density at radius 2 is 2.12 bits per heavy atom. The molecule has 1 rings (SSSR count). The highest BCUT2D eigenvalue weighted by atomic mass is 16.5. The summed E-state index contributed by atoms with van der Waals surface area (Å²) in [5.74, 6) is 0.891. The Kier molecular flexibility index (Phi) is 5.94. The van der Waals surface area contributed by atoms with Gasteiger partial charge in [-0.3, -0.25) is 0 Å². The molecule has 0 aliphatic rings. The van der Waals surface area contributed by atoms with Crippen molar-refractivity contribution in [3.8, 4) is 5.75 Å². The van der Waals surface area contributed by atoms with E-state index in [-0.39, 0.29) is 6.10 Å². The van der Waals surface area contributed by atoms with Crippen molar-refractivity contribution in [1.29, 1.82) is 0 Å². The van der Waals surface area contributed by atoms with Gasteiger partial charge in [-0.1, -0.05) is 31.9 Å². The second-order valence-electron chi connectivity index (χ2n) is 4.25. The maximum Gasteiger partial charge on any atom is 0.119 e. The average molecular weight is 222 g/mol. The number of rotatable bonds is 7. The van der Waals surface area contributed by atoms with Crippen molar-refractivity contribution in [3.63, 3.8) is 0 Å². The van der Waals surface area contributed by atoms with E-state index < -0.39 is 0 Å². The molecule has 1 N–H and O–H groups in total. The lowest BCUT2D eigenvalue weighted by atomic mass is 10.1. The van der Waals surface area contributed by atoms with Gasteiger partial charge >= 0.3 is 0 Å². The largest absolute Gasteiger partial charge is 0.493 e. The van der Waals surface area contributed by atoms with Crippen molar-refractivity contribution in [2.45, 2.75) is 45.6 Å². The van der Waals surface area contributed by atoms with Crippen molar-refractivity contribution in [1.82, 2.24) is 0 Å². The summed E-state index contributed by atoms with van der Waals surface area (Å²) >= 11 is 0. The van der Waals surface area contributed by atoms with Gasteiger partial charge in [-0.2, -0.15) is 0 Å². The maximum atomic E-state index is 9.63. The van der Waals surface area contributed by atoms with Crippen molar-refractivity contribution in [2.24, 2.45) is 0 Å². The number of ether oxygens (including phenoxy) is 1. The molecule has 0 aromatic heterocycles. The number of hydrogen-bond acceptors (Lipinski definition) is 2. The molecule has 0 aliphatic carbocycles. The second kappa shape index (κ2) is 7.29. The first-order valence-corrected chi connectivity index (χ1v) is 6.10. The minimum absolute atomic E-state index is 0.218. The van der Waals surface area contributed by atoms with Gasteiger partial charge in [0.15, 0.2) is 0 Å². The van der Waals surface area contributed by atoms with Crippen LogP contribution in [0.15, 0.2) is 24.3 Å². The molecule has 90 valence electrons. The Hall–Kier alpha value is -1.02. The smallest absolute Gasteiger partial charge is 0.119 e. The quantitative estimate of drug-likeness (QED) is 0.767. The average Bonchev–Trinajstić information content (AvgIpc) is 2.26. The highest BCUT2D eigenvalue weighted by molar-refractivity contribution is 5.27. The third kappa shape index (κ3) is 5.17. The topological polar surface area (TPSA) is 29.5 Å². The van der Waals surface area contributed by atoms with Crippen molar-refractivity contribution in [3.05, 3.63) is 29.8 Å². The molecule has 0 heterocycles. The number of unbranched alkanes of at least 4 members (excludes halogenated alkanes) is 1. The van der Waals surface area contributed by atoms with E-state index in [1.807, 2.05) is 31.2 Å². The Bertz CT molecular complexity index is 297. The molecule has 0 aliphatic heterocycles. The normalized spacial score (nSPS) is 12.4. The van der Waals surface area contributed by atoms with Crippen LogP contribution in [-0.4, -0.2) is 17.8 Å². The molecule has 0 fully saturated rings. The molecule has 1 atom stereocenters. The summed E-state index contributed by atoms with van der Waals surface area (Å²) in [5.41, 5.74) is 1.20. The van der Waals surface area contributed by atoms with Crippen LogP contribution in [0, 0.1) is 6.92 Å². The highest BCUT2D eigenvalue weighted by Crippen LogP contribution is 2.13. The van der Waals surface area contributed by atoms with Crippen LogP contribution in [0.5, 0.6) is 5.75 Å². The van der Waals surface area contributed by atoms with Gasteiger partial charge in [0.2, 0.25) is 0 Å². The fourth-order valence-electron chi connectivity index (χ4n) is 1.60. The predicted molar refractivity (Wildman–Crippen MR) is 66.8 cm³/mol. The summed E-state index contributed by atoms with van der Waals surface area (Å²) in [6.45, 7) is 4.77. The van der Waals surface area contributed by atoms with E-state index in [4.69, 9.17) is 4.74 Å². The monoisotopic (exact) mass is 222 g/mol. The highest BCUT2D eigenvalue weighted by Gasteiger charge is 2.03. The minimum atomic E-state index is -0.218. The standard InChI is InChI=1S/C14H22O2/c1-3-4-7-13(15)9-10-16-14-8-5-6-12(2)11-14/h5-6,8,11,13,15H,3-4,7,9-10H2,1-2H3. The summed E-state index contributed by atoms with van der Waals surface area (Å²) in [5, 5.41) is 9.63. The summed E-state index contributed by atoms with van der Waals surface area (Å²) in [6, 6.07) is 7.99. The molecule has 0 spiro atoms. The van der Waals surface area contributed by atoms with Crippen molar-refractivity contribution >= 4 is 0 Å². The lowest BCUT2D eigenvalue weighted by Crippen LogP contribution is -2.11. The van der Waals surface area contributed by atoms with Crippen LogP contribution in [0.3, 0.4) is 0 Å². The molecule has 2 nitrogen and oxygen atoms in total. The van der Waals surface area contributed by atoms with Gasteiger partial charge in [0.05, 0.1) is 12.7 Å². The lowest BCUT2D eigenvalue weighted by Gasteiger charge is -2.11. The third-order valence-electron chi connectivity index (χ3n) is 2.60. The summed E-state index contributed by atoms with van der Waals surface area (Å²) in [4.78, 5) is 0. The Morgan fingerprint density at radius 3 is 2.81 bits per heavy atom. The predicted octanol–water partition coefficient (Wildman–Crippen LogP) is 3.32. The van der Waals surface area contributed by atoms with Crippen LogP contribution >= 0.6 is 0 Å². The Balaban J connectivity index is 2.20. The zero-order valence-electron chi connectivity index (χ0n) is 10.3. The SMILES string of the molecule is CCCCC(O)CCOc1cccc(C)c1. The molecule has 0 amide bonds. The molecule has 0 bridgehead atoms. The molecule has 1 aromatic rings. The first-order chi connectivity index (χ1) is 7.72. The molecule has 0 radical (unpaired) electrons. The summed E-state index contributed by atoms with van der Waals surface area (Å²) in [7, 11) is 0. The van der Waals surface area contributed by atoms with E-state index in [2.05, 4.69) is 6.92 Å². The van der Waals surface area contributed by atoms with Gasteiger partial charge in [0.25, 0.3) is 0 Å². The fourth-order valence-corrected chi connectivity index (χ4v) is 1.60. The zero-order valence-corrected chi connectivity index (χ0v) is 10.3. The van der Waals surface area contributed by atoms with Crippen LogP contribution in [0.4, 0.5) is 0 Å². The molecule has 0 saturated heterocycles. The van der Waals surface area contributed by atoms with E-state index in [9.17, 15) is 5.11 Å². The van der Waals surface area contributed by atoms with E-state index in [0.29, 0.717) is 13.0 Å². The van der Waals surface area contributed by atoms with Crippen LogP contribution in [0.25, 0.3) is 0 Å². The van der Waals surface area contributed by atoms with E-state index >= 15 is 0 Å². The van der Waals surface area contributed by atoms with Gasteiger partial charge in [-0.25, -0.2) is 0 Å². The molecule has 1 unspecified atom stereocenters. The van der Waals surface area contributed by atoms with Gasteiger partial charge in [0.1, 0.15) is 5.75 Å². The molecule has 1 aromatic carbocycles. The number of benzene rings is 1. The molecule has 2 heteroatoms. The maximum absolute atomic E-state index is 9.63. The van der Waals surface area contributed by atoms with Gasteiger partial charge < -0.3 is 9.84 Å². The van der Waals surface area contributed by atoms with E-state index in [1.54, 1.807) is 0 Å². The number of hydrogen-bond donors (Lipinski definition) is 1. The van der Waals surface area contributed by atoms with Crippen molar-refractivity contribution < 1.29 is 9.84 Å². The number of aliphatic hydroxyl groups is 1. The van der Waals surface area contributed by atoms with Gasteiger partial charge in [0, 0.05) is 6.42 Å². The minimum Gasteiger partial charge on any atom is -0.493 e. The fraction of sp³-hybridized carbons (Fsp3) is 0.571. The number of aliphatic hydroxyl groups excluding tert-OH is 1. The zero-order chi connectivity index (χ0) is 11.8. The molecular formula is C14H22O2. The number of aryl methyl sites for hydroxylation is 1. The first-order valence-electron chi connectivity index (χ1n) is 6.10. The van der Waals surface area contributed by atoms with Crippen LogP contribution in [-0.2, 0) is 0 Å². The van der Waals surface area contributed by atoms with E-state index in [0.717, 1.165) is 25.0 Å². The van der Waals surface area contributed by atoms with E-state index in [1.165, 1.54) is 5.56 Å². The summed E-state index contributed by atoms with van der Waals surface area (Å²) in [6.07, 6.45) is 3.60. The third-order valence-corrected chi connectivity index (χ3v) is 2.60. The molecule has 0 saturated carbocycles. The first kappa shape index (κ1) is 13.0. The summed E-state index contributed by atoms with van der Waals surface area (Å²) < 4.78 is 5.58. The van der Waals surface area contributed by atoms with Crippen molar-refractivity contribution in [2.75, 3.05) is 6.61 Å². The lowest BCUT2D eigenvalue weighted by molar-refractivity contribution is 0.128. The molecular weight excluding hydrogens is 200 g/mol. The van der Waals surface area contributed by atoms with Gasteiger partial charge in [-0.05, 0) is 31.0 Å².